The number of hydrogen-bond donors (Lipinski definition) is 0. The second-order valence-corrected chi connectivity index (χ2v) is 7.86. The molecule has 9 nitrogen and oxygen atoms in total. The molecule has 2 aromatic carbocycles. The maximum absolute atomic E-state index is 14.6. The van der Waals surface area contributed by atoms with E-state index >= 15 is 0 Å². The summed E-state index contributed by atoms with van der Waals surface area (Å²) >= 11 is 0. The van der Waals surface area contributed by atoms with E-state index in [9.17, 15) is 14.5 Å². The summed E-state index contributed by atoms with van der Waals surface area (Å²) in [4.78, 5) is 15.5. The molecular weight excluding hydrogens is 457 g/mol. The van der Waals surface area contributed by atoms with Crippen LogP contribution < -0.4 is 9.47 Å². The zero-order chi connectivity index (χ0) is 25.4. The van der Waals surface area contributed by atoms with Crippen molar-refractivity contribution in [3.8, 4) is 11.5 Å². The first-order valence-corrected chi connectivity index (χ1v) is 10.7. The summed E-state index contributed by atoms with van der Waals surface area (Å²) < 4.78 is 37.0. The van der Waals surface area contributed by atoms with Crippen LogP contribution in [-0.2, 0) is 9.47 Å². The van der Waals surface area contributed by atoms with Crippen molar-refractivity contribution in [3.63, 3.8) is 0 Å². The van der Waals surface area contributed by atoms with Gasteiger partial charge in [-0.1, -0.05) is 12.1 Å². The highest BCUT2D eigenvalue weighted by molar-refractivity contribution is 5.86. The number of non-ortho nitro benzene ring substituents is 1. The van der Waals surface area contributed by atoms with Crippen LogP contribution in [-0.4, -0.2) is 63.6 Å². The van der Waals surface area contributed by atoms with Crippen molar-refractivity contribution in [3.05, 3.63) is 87.1 Å². The Kier molecular flexibility index (Phi) is 8.78. The van der Waals surface area contributed by atoms with Gasteiger partial charge in [0, 0.05) is 31.9 Å². The highest BCUT2D eigenvalue weighted by Gasteiger charge is 2.18. The molecule has 1 saturated heterocycles. The second-order valence-electron chi connectivity index (χ2n) is 7.86. The number of allylic oxidation sites excluding steroid dienone is 2. The molecule has 2 aromatic rings. The Labute approximate surface area is 202 Å². The van der Waals surface area contributed by atoms with Crippen molar-refractivity contribution in [2.45, 2.75) is 6.10 Å². The van der Waals surface area contributed by atoms with Crippen LogP contribution in [0.15, 0.2) is 48.7 Å². The van der Waals surface area contributed by atoms with E-state index in [1.54, 1.807) is 29.3 Å². The summed E-state index contributed by atoms with van der Waals surface area (Å²) in [5.41, 5.74) is 0.887. The molecule has 35 heavy (non-hydrogen) atoms. The summed E-state index contributed by atoms with van der Waals surface area (Å²) in [5.74, 6) is 0.148. The molecule has 0 spiro atoms. The number of nitro benzene ring substituents is 1. The third-order valence-electron chi connectivity index (χ3n) is 5.06. The van der Waals surface area contributed by atoms with Gasteiger partial charge in [-0.3, -0.25) is 10.1 Å². The number of methoxy groups -OCH3 is 1. The zero-order valence-electron chi connectivity index (χ0n) is 19.7. The van der Waals surface area contributed by atoms with Gasteiger partial charge in [0.05, 0.1) is 44.5 Å². The van der Waals surface area contributed by atoms with Gasteiger partial charge in [0.25, 0.3) is 5.69 Å². The number of ether oxygens (including phenoxy) is 4. The first-order chi connectivity index (χ1) is 16.8. The van der Waals surface area contributed by atoms with Crippen LogP contribution in [0.2, 0.25) is 0 Å². The number of benzene rings is 2. The van der Waals surface area contributed by atoms with Gasteiger partial charge in [-0.2, -0.15) is 0 Å². The van der Waals surface area contributed by atoms with Gasteiger partial charge in [-0.05, 0) is 29.3 Å². The van der Waals surface area contributed by atoms with Crippen LogP contribution in [0.5, 0.6) is 11.5 Å². The lowest BCUT2D eigenvalue weighted by Gasteiger charge is -2.23. The fourth-order valence-electron chi connectivity index (χ4n) is 3.40. The van der Waals surface area contributed by atoms with Gasteiger partial charge in [-0.15, -0.1) is 0 Å². The molecule has 1 atom stereocenters. The highest BCUT2D eigenvalue weighted by atomic mass is 19.1. The van der Waals surface area contributed by atoms with Crippen molar-refractivity contribution in [2.75, 3.05) is 47.6 Å². The molecule has 0 unspecified atom stereocenters. The number of nitro groups is 1. The minimum Gasteiger partial charge on any atom is -0.493 e. The van der Waals surface area contributed by atoms with Crippen LogP contribution >= 0.6 is 0 Å². The van der Waals surface area contributed by atoms with Gasteiger partial charge >= 0.3 is 0 Å². The Hall–Kier alpha value is -3.94. The van der Waals surface area contributed by atoms with Crippen LogP contribution in [0.25, 0.3) is 16.1 Å². The van der Waals surface area contributed by atoms with E-state index in [1.807, 2.05) is 14.1 Å². The summed E-state index contributed by atoms with van der Waals surface area (Å²) in [6, 6.07) is 8.52. The average molecular weight is 483 g/mol. The Morgan fingerprint density at radius 2 is 2.09 bits per heavy atom. The third-order valence-corrected chi connectivity index (χ3v) is 5.06. The number of hydrogen-bond acceptors (Lipinski definition) is 7. The maximum Gasteiger partial charge on any atom is 0.272 e. The molecule has 10 heteroatoms. The van der Waals surface area contributed by atoms with Gasteiger partial charge < -0.3 is 23.8 Å². The lowest BCUT2D eigenvalue weighted by Crippen LogP contribution is -2.33. The molecule has 0 aliphatic carbocycles. The van der Waals surface area contributed by atoms with Gasteiger partial charge in [0.1, 0.15) is 18.5 Å². The molecule has 1 heterocycles. The lowest BCUT2D eigenvalue weighted by molar-refractivity contribution is -0.385. The largest absolute Gasteiger partial charge is 0.493 e. The minimum absolute atomic E-state index is 0.000705. The standard InChI is InChI=1S/C25H26FN3O6/c1-27-23(21-7-6-19(29(30)31)13-22(21)26)11-18(14-28(2)3)17-5-8-24(25(12-17)32-4)35-16-20-15-33-9-10-34-20/h5-8,11-14,20H,9-10,15-16H2,2-4H3/b18-14?,23-11-/t20-/m1/s1. The third kappa shape index (κ3) is 6.79. The fourth-order valence-corrected chi connectivity index (χ4v) is 3.40. The van der Waals surface area contributed by atoms with Crippen LogP contribution in [0.3, 0.4) is 0 Å². The second kappa shape index (κ2) is 12.0. The summed E-state index contributed by atoms with van der Waals surface area (Å²) in [5, 5.41) is 10.9. The van der Waals surface area contributed by atoms with E-state index in [0.717, 1.165) is 6.07 Å². The SMILES string of the molecule is [C-]#[N+]/C(=C\C(=CN(C)C)c1ccc(OC[C@H]2COCCO2)c(OC)c1)c1ccc([N+](=O)[O-])cc1F. The van der Waals surface area contributed by atoms with Gasteiger partial charge in [0.2, 0.25) is 0 Å². The molecule has 0 bridgehead atoms. The molecule has 0 amide bonds. The smallest absolute Gasteiger partial charge is 0.272 e. The predicted molar refractivity (Wildman–Crippen MR) is 128 cm³/mol. The monoisotopic (exact) mass is 483 g/mol. The minimum atomic E-state index is -0.846. The molecule has 1 aliphatic rings. The van der Waals surface area contributed by atoms with Crippen molar-refractivity contribution < 1.29 is 28.3 Å². The van der Waals surface area contributed by atoms with E-state index in [4.69, 9.17) is 25.5 Å². The molecular formula is C25H26FN3O6. The predicted octanol–water partition coefficient (Wildman–Crippen LogP) is 4.40. The topological polar surface area (TPSA) is 87.7 Å². The quantitative estimate of drug-likeness (QED) is 0.226. The molecule has 0 radical (unpaired) electrons. The lowest BCUT2D eigenvalue weighted by atomic mass is 10.0. The zero-order valence-corrected chi connectivity index (χ0v) is 19.7. The first kappa shape index (κ1) is 25.7. The van der Waals surface area contributed by atoms with Crippen molar-refractivity contribution in [1.82, 2.24) is 4.90 Å². The summed E-state index contributed by atoms with van der Waals surface area (Å²) in [6.07, 6.45) is 3.13. The molecule has 0 aromatic heterocycles. The van der Waals surface area contributed by atoms with E-state index < -0.39 is 10.7 Å². The van der Waals surface area contributed by atoms with E-state index in [0.29, 0.717) is 49.1 Å². The van der Waals surface area contributed by atoms with E-state index in [-0.39, 0.29) is 23.1 Å². The van der Waals surface area contributed by atoms with Crippen LogP contribution in [0, 0.1) is 22.5 Å². The summed E-state index contributed by atoms with van der Waals surface area (Å²) in [7, 11) is 5.16. The van der Waals surface area contributed by atoms with Gasteiger partial charge in [-0.25, -0.2) is 9.24 Å². The molecule has 1 aliphatic heterocycles. The Balaban J connectivity index is 1.93. The Bertz CT molecular complexity index is 1170. The Morgan fingerprint density at radius 3 is 2.69 bits per heavy atom. The maximum atomic E-state index is 14.6. The number of nitrogens with zero attached hydrogens (tertiary/aromatic N) is 3. The molecule has 1 fully saturated rings. The normalized spacial score (nSPS) is 16.4. The molecule has 184 valence electrons. The molecule has 3 rings (SSSR count). The van der Waals surface area contributed by atoms with Crippen molar-refractivity contribution in [2.24, 2.45) is 0 Å². The number of halogens is 1. The van der Waals surface area contributed by atoms with Crippen LogP contribution in [0.1, 0.15) is 11.1 Å². The number of rotatable bonds is 9. The van der Waals surface area contributed by atoms with E-state index in [1.165, 1.54) is 25.3 Å². The van der Waals surface area contributed by atoms with Crippen LogP contribution in [0.4, 0.5) is 10.1 Å². The fraction of sp³-hybridized carbons (Fsp3) is 0.320. The van der Waals surface area contributed by atoms with Gasteiger partial charge in [0.15, 0.2) is 17.2 Å². The van der Waals surface area contributed by atoms with Crippen molar-refractivity contribution in [1.29, 1.82) is 0 Å². The van der Waals surface area contributed by atoms with Crippen molar-refractivity contribution >= 4 is 17.0 Å². The molecule has 0 N–H and O–H groups in total. The first-order valence-electron chi connectivity index (χ1n) is 10.7. The Morgan fingerprint density at radius 1 is 1.29 bits per heavy atom. The molecule has 0 saturated carbocycles. The highest BCUT2D eigenvalue weighted by Crippen LogP contribution is 2.33. The average Bonchev–Trinajstić information content (AvgIpc) is 2.85. The summed E-state index contributed by atoms with van der Waals surface area (Å²) in [6.45, 7) is 9.44. The van der Waals surface area contributed by atoms with E-state index in [2.05, 4.69) is 4.85 Å².